The highest BCUT2D eigenvalue weighted by molar-refractivity contribution is 14.0. The van der Waals surface area contributed by atoms with Crippen LogP contribution in [-0.4, -0.2) is 58.3 Å². The summed E-state index contributed by atoms with van der Waals surface area (Å²) >= 11 is 0. The number of halogens is 1. The van der Waals surface area contributed by atoms with E-state index in [0.717, 1.165) is 38.8 Å². The number of anilines is 1. The average molecular weight is 444 g/mol. The van der Waals surface area contributed by atoms with Crippen LogP contribution in [0.3, 0.4) is 0 Å². The summed E-state index contributed by atoms with van der Waals surface area (Å²) in [6, 6.07) is 8.65. The number of nitrogens with zero attached hydrogens (tertiary/aromatic N) is 3. The number of benzene rings is 1. The first-order valence-corrected chi connectivity index (χ1v) is 8.41. The normalized spacial score (nSPS) is 23.5. The summed E-state index contributed by atoms with van der Waals surface area (Å²) in [4.78, 5) is 8.96. The first-order valence-electron chi connectivity index (χ1n) is 8.41. The molecule has 0 radical (unpaired) electrons. The Labute approximate surface area is 162 Å². The summed E-state index contributed by atoms with van der Waals surface area (Å²) in [5.41, 5.74) is 2.86. The minimum Gasteiger partial charge on any atom is -0.381 e. The number of likely N-dealkylation sites (tertiary alicyclic amines) is 1. The Morgan fingerprint density at radius 3 is 2.62 bits per heavy atom. The van der Waals surface area contributed by atoms with Crippen LogP contribution >= 0.6 is 24.0 Å². The maximum atomic E-state index is 5.61. The van der Waals surface area contributed by atoms with Gasteiger partial charge >= 0.3 is 0 Å². The van der Waals surface area contributed by atoms with Gasteiger partial charge in [-0.15, -0.1) is 24.0 Å². The highest BCUT2D eigenvalue weighted by Crippen LogP contribution is 2.38. The fourth-order valence-electron chi connectivity index (χ4n) is 3.51. The molecule has 134 valence electrons. The van der Waals surface area contributed by atoms with Gasteiger partial charge in [-0.2, -0.15) is 0 Å². The monoisotopic (exact) mass is 444 g/mol. The third kappa shape index (κ3) is 4.33. The largest absolute Gasteiger partial charge is 0.381 e. The van der Waals surface area contributed by atoms with Crippen molar-refractivity contribution in [1.82, 2.24) is 10.2 Å². The van der Waals surface area contributed by atoms with Crippen LogP contribution in [0.4, 0.5) is 5.69 Å². The molecule has 2 aliphatic rings. The van der Waals surface area contributed by atoms with Gasteiger partial charge in [-0.1, -0.05) is 12.1 Å². The van der Waals surface area contributed by atoms with Gasteiger partial charge in [0.25, 0.3) is 0 Å². The van der Waals surface area contributed by atoms with Gasteiger partial charge in [0.15, 0.2) is 5.96 Å². The topological polar surface area (TPSA) is 40.1 Å². The molecule has 1 N–H and O–H groups in total. The van der Waals surface area contributed by atoms with E-state index < -0.39 is 0 Å². The molecule has 24 heavy (non-hydrogen) atoms. The molecule has 1 aromatic carbocycles. The summed E-state index contributed by atoms with van der Waals surface area (Å²) in [5, 5.41) is 3.50. The van der Waals surface area contributed by atoms with Gasteiger partial charge in [0.2, 0.25) is 0 Å². The fourth-order valence-corrected chi connectivity index (χ4v) is 3.51. The van der Waals surface area contributed by atoms with E-state index in [9.17, 15) is 0 Å². The number of nitrogens with one attached hydrogen (secondary N) is 1. The minimum absolute atomic E-state index is 0. The van der Waals surface area contributed by atoms with Gasteiger partial charge in [0.05, 0.1) is 6.61 Å². The maximum absolute atomic E-state index is 5.61. The van der Waals surface area contributed by atoms with Crippen molar-refractivity contribution in [2.75, 3.05) is 52.3 Å². The predicted molar refractivity (Wildman–Crippen MR) is 110 cm³/mol. The summed E-state index contributed by atoms with van der Waals surface area (Å²) in [6.45, 7) is 4.76. The molecule has 0 bridgehead atoms. The van der Waals surface area contributed by atoms with Crippen LogP contribution < -0.4 is 10.2 Å². The lowest BCUT2D eigenvalue weighted by Gasteiger charge is -2.25. The zero-order valence-electron chi connectivity index (χ0n) is 14.9. The highest BCUT2D eigenvalue weighted by Gasteiger charge is 2.42. The van der Waals surface area contributed by atoms with Gasteiger partial charge in [-0.3, -0.25) is 4.99 Å². The number of guanidine groups is 1. The molecular formula is C18H29IN4O. The molecule has 2 heterocycles. The van der Waals surface area contributed by atoms with Crippen LogP contribution in [0.15, 0.2) is 29.3 Å². The first-order chi connectivity index (χ1) is 11.1. The van der Waals surface area contributed by atoms with Gasteiger partial charge in [0.1, 0.15) is 0 Å². The lowest BCUT2D eigenvalue weighted by atomic mass is 9.87. The fraction of sp³-hybridized carbons (Fsp3) is 0.611. The molecule has 2 aliphatic heterocycles. The lowest BCUT2D eigenvalue weighted by Crippen LogP contribution is -2.41. The second-order valence-electron chi connectivity index (χ2n) is 6.94. The predicted octanol–water partition coefficient (Wildman–Crippen LogP) is 2.56. The van der Waals surface area contributed by atoms with Gasteiger partial charge in [-0.25, -0.2) is 0 Å². The molecule has 0 aromatic heterocycles. The van der Waals surface area contributed by atoms with Gasteiger partial charge in [0, 0.05) is 58.5 Å². The molecule has 1 unspecified atom stereocenters. The van der Waals surface area contributed by atoms with Crippen molar-refractivity contribution >= 4 is 35.6 Å². The van der Waals surface area contributed by atoms with Crippen LogP contribution in [-0.2, 0) is 11.3 Å². The van der Waals surface area contributed by atoms with E-state index in [1.54, 1.807) is 0 Å². The molecule has 5 nitrogen and oxygen atoms in total. The van der Waals surface area contributed by atoms with E-state index in [4.69, 9.17) is 4.74 Å². The summed E-state index contributed by atoms with van der Waals surface area (Å²) in [7, 11) is 5.99. The zero-order valence-corrected chi connectivity index (χ0v) is 17.2. The second-order valence-corrected chi connectivity index (χ2v) is 6.94. The molecule has 3 rings (SSSR count). The van der Waals surface area contributed by atoms with Crippen molar-refractivity contribution in [3.63, 3.8) is 0 Å². The van der Waals surface area contributed by atoms with Crippen LogP contribution in [0.2, 0.25) is 0 Å². The smallest absolute Gasteiger partial charge is 0.193 e. The first kappa shape index (κ1) is 19.3. The SMILES string of the molecule is CN=C(NCc1ccc(N(C)C)cc1)N1CCC2(CCOC2)C1.I. The molecular weight excluding hydrogens is 415 g/mol. The number of rotatable bonds is 3. The zero-order chi connectivity index (χ0) is 16.3. The van der Waals surface area contributed by atoms with Crippen LogP contribution in [0, 0.1) is 5.41 Å². The molecule has 0 saturated carbocycles. The van der Waals surface area contributed by atoms with E-state index in [0.29, 0.717) is 5.41 Å². The van der Waals surface area contributed by atoms with E-state index in [1.807, 2.05) is 7.05 Å². The Morgan fingerprint density at radius 1 is 1.29 bits per heavy atom. The van der Waals surface area contributed by atoms with Gasteiger partial charge in [-0.05, 0) is 30.5 Å². The lowest BCUT2D eigenvalue weighted by molar-refractivity contribution is 0.156. The second kappa shape index (κ2) is 8.38. The van der Waals surface area contributed by atoms with E-state index >= 15 is 0 Å². The average Bonchev–Trinajstić information content (AvgIpc) is 3.19. The Bertz CT molecular complexity index is 553. The van der Waals surface area contributed by atoms with Crippen molar-refractivity contribution in [1.29, 1.82) is 0 Å². The van der Waals surface area contributed by atoms with Crippen molar-refractivity contribution in [2.45, 2.75) is 19.4 Å². The number of hydrogen-bond donors (Lipinski definition) is 1. The van der Waals surface area contributed by atoms with Crippen LogP contribution in [0.1, 0.15) is 18.4 Å². The number of ether oxygens (including phenoxy) is 1. The molecule has 1 aromatic rings. The van der Waals surface area contributed by atoms with Crippen molar-refractivity contribution in [3.05, 3.63) is 29.8 Å². The Morgan fingerprint density at radius 2 is 2.04 bits per heavy atom. The maximum Gasteiger partial charge on any atom is 0.193 e. The number of aliphatic imine (C=N–C) groups is 1. The molecule has 0 aliphatic carbocycles. The van der Waals surface area contributed by atoms with E-state index in [1.165, 1.54) is 24.1 Å². The standard InChI is InChI=1S/C18H28N4O.HI/c1-19-17(22-10-8-18(13-22)9-11-23-14-18)20-12-15-4-6-16(7-5-15)21(2)3;/h4-7H,8-14H2,1-3H3,(H,19,20);1H. The van der Waals surface area contributed by atoms with Crippen molar-refractivity contribution < 1.29 is 4.74 Å². The molecule has 2 fully saturated rings. The molecule has 0 amide bonds. The third-order valence-electron chi connectivity index (χ3n) is 5.04. The van der Waals surface area contributed by atoms with Crippen molar-refractivity contribution in [2.24, 2.45) is 10.4 Å². The Hall–Kier alpha value is -1.02. The summed E-state index contributed by atoms with van der Waals surface area (Å²) in [5.74, 6) is 1.01. The molecule has 1 atom stereocenters. The van der Waals surface area contributed by atoms with Crippen molar-refractivity contribution in [3.8, 4) is 0 Å². The quantitative estimate of drug-likeness (QED) is 0.442. The Balaban J connectivity index is 0.00000208. The third-order valence-corrected chi connectivity index (χ3v) is 5.04. The van der Waals surface area contributed by atoms with E-state index in [-0.39, 0.29) is 24.0 Å². The van der Waals surface area contributed by atoms with Gasteiger partial charge < -0.3 is 19.9 Å². The summed E-state index contributed by atoms with van der Waals surface area (Å²) < 4.78 is 5.61. The molecule has 6 heteroatoms. The highest BCUT2D eigenvalue weighted by atomic mass is 127. The Kier molecular flexibility index (Phi) is 6.74. The van der Waals surface area contributed by atoms with Crippen LogP contribution in [0.5, 0.6) is 0 Å². The minimum atomic E-state index is 0. The molecule has 1 spiro atoms. The number of hydrogen-bond acceptors (Lipinski definition) is 3. The van der Waals surface area contributed by atoms with Crippen LogP contribution in [0.25, 0.3) is 0 Å². The van der Waals surface area contributed by atoms with E-state index in [2.05, 4.69) is 58.5 Å². The summed E-state index contributed by atoms with van der Waals surface area (Å²) in [6.07, 6.45) is 2.40. The molecule has 2 saturated heterocycles.